The minimum atomic E-state index is 0.918. The molecule has 0 unspecified atom stereocenters. The number of benzene rings is 1. The van der Waals surface area contributed by atoms with Crippen molar-refractivity contribution in [3.05, 3.63) is 42.1 Å². The second kappa shape index (κ2) is 6.79. The molecule has 96 valence electrons. The lowest BCUT2D eigenvalue weighted by molar-refractivity contribution is 0.582. The lowest BCUT2D eigenvalue weighted by Gasteiger charge is -2.07. The molecule has 0 aliphatic rings. The average Bonchev–Trinajstić information content (AvgIpc) is 2.84. The molecule has 0 saturated carbocycles. The Morgan fingerprint density at radius 1 is 1.22 bits per heavy atom. The van der Waals surface area contributed by atoms with Gasteiger partial charge < -0.3 is 5.32 Å². The lowest BCUT2D eigenvalue weighted by Crippen LogP contribution is -2.09. The fourth-order valence-corrected chi connectivity index (χ4v) is 1.93. The van der Waals surface area contributed by atoms with Crippen molar-refractivity contribution in [2.24, 2.45) is 0 Å². The van der Waals surface area contributed by atoms with E-state index in [0.29, 0.717) is 0 Å². The third kappa shape index (κ3) is 3.58. The van der Waals surface area contributed by atoms with Crippen LogP contribution in [0, 0.1) is 0 Å². The first-order valence-electron chi connectivity index (χ1n) is 6.56. The van der Waals surface area contributed by atoms with Gasteiger partial charge in [0.25, 0.3) is 0 Å². The summed E-state index contributed by atoms with van der Waals surface area (Å²) in [6.07, 6.45) is 5.07. The van der Waals surface area contributed by atoms with Crippen LogP contribution < -0.4 is 5.32 Å². The molecule has 18 heavy (non-hydrogen) atoms. The zero-order valence-electron chi connectivity index (χ0n) is 10.8. The molecular formula is C14H20N4. The Kier molecular flexibility index (Phi) is 4.76. The van der Waals surface area contributed by atoms with Gasteiger partial charge in [0.2, 0.25) is 0 Å². The third-order valence-corrected chi connectivity index (χ3v) is 2.84. The molecule has 2 rings (SSSR count). The summed E-state index contributed by atoms with van der Waals surface area (Å²) < 4.78 is 1.92. The van der Waals surface area contributed by atoms with Crippen molar-refractivity contribution in [2.75, 3.05) is 11.9 Å². The molecule has 0 aliphatic carbocycles. The van der Waals surface area contributed by atoms with E-state index >= 15 is 0 Å². The molecule has 0 amide bonds. The van der Waals surface area contributed by atoms with E-state index in [1.807, 2.05) is 4.68 Å². The predicted octanol–water partition coefficient (Wildman–Crippen LogP) is 2.73. The molecule has 0 atom stereocenters. The van der Waals surface area contributed by atoms with E-state index in [2.05, 4.69) is 52.9 Å². The van der Waals surface area contributed by atoms with Gasteiger partial charge in [-0.15, -0.1) is 5.10 Å². The Morgan fingerprint density at radius 2 is 2.06 bits per heavy atom. The van der Waals surface area contributed by atoms with Crippen LogP contribution in [-0.2, 0) is 13.0 Å². The molecule has 1 aromatic heterocycles. The number of nitrogens with one attached hydrogen (secondary N) is 1. The van der Waals surface area contributed by atoms with Crippen LogP contribution in [0.15, 0.2) is 36.5 Å². The monoisotopic (exact) mass is 244 g/mol. The third-order valence-electron chi connectivity index (χ3n) is 2.84. The minimum absolute atomic E-state index is 0.918. The topological polar surface area (TPSA) is 42.7 Å². The maximum absolute atomic E-state index is 4.05. The van der Waals surface area contributed by atoms with Gasteiger partial charge in [-0.25, -0.2) is 4.68 Å². The highest BCUT2D eigenvalue weighted by atomic mass is 15.4. The van der Waals surface area contributed by atoms with Crippen LogP contribution in [0.5, 0.6) is 0 Å². The number of aromatic nitrogens is 3. The summed E-state index contributed by atoms with van der Waals surface area (Å²) in [4.78, 5) is 0. The van der Waals surface area contributed by atoms with Gasteiger partial charge in [-0.2, -0.15) is 0 Å². The highest BCUT2D eigenvalue weighted by Gasteiger charge is 2.01. The van der Waals surface area contributed by atoms with Crippen molar-refractivity contribution in [1.29, 1.82) is 0 Å². The van der Waals surface area contributed by atoms with E-state index in [1.165, 1.54) is 5.56 Å². The van der Waals surface area contributed by atoms with Gasteiger partial charge >= 0.3 is 0 Å². The van der Waals surface area contributed by atoms with E-state index in [0.717, 1.165) is 38.2 Å². The molecule has 1 aromatic carbocycles. The number of nitrogens with zero attached hydrogens (tertiary/aromatic N) is 3. The van der Waals surface area contributed by atoms with Crippen LogP contribution >= 0.6 is 0 Å². The van der Waals surface area contributed by atoms with Crippen molar-refractivity contribution >= 4 is 5.82 Å². The fraction of sp³-hybridized carbons (Fsp3) is 0.429. The van der Waals surface area contributed by atoms with Crippen LogP contribution in [0.1, 0.15) is 25.3 Å². The van der Waals surface area contributed by atoms with Gasteiger partial charge in [-0.1, -0.05) is 42.5 Å². The highest BCUT2D eigenvalue weighted by molar-refractivity contribution is 5.30. The maximum atomic E-state index is 4.05. The maximum Gasteiger partial charge on any atom is 0.144 e. The van der Waals surface area contributed by atoms with Crippen LogP contribution in [0.25, 0.3) is 0 Å². The highest BCUT2D eigenvalue weighted by Crippen LogP contribution is 2.06. The summed E-state index contributed by atoms with van der Waals surface area (Å²) in [6, 6.07) is 10.6. The molecule has 0 saturated heterocycles. The molecule has 0 aliphatic heterocycles. The summed E-state index contributed by atoms with van der Waals surface area (Å²) in [5.74, 6) is 1.02. The Bertz CT molecular complexity index is 450. The number of hydrogen-bond donors (Lipinski definition) is 1. The second-order valence-corrected chi connectivity index (χ2v) is 4.36. The molecule has 1 N–H and O–H groups in total. The van der Waals surface area contributed by atoms with E-state index in [1.54, 1.807) is 6.20 Å². The zero-order valence-corrected chi connectivity index (χ0v) is 10.8. The first-order chi connectivity index (χ1) is 8.90. The van der Waals surface area contributed by atoms with Gasteiger partial charge in [0.05, 0.1) is 6.20 Å². The van der Waals surface area contributed by atoms with Crippen molar-refractivity contribution in [3.63, 3.8) is 0 Å². The van der Waals surface area contributed by atoms with Gasteiger partial charge in [-0.3, -0.25) is 0 Å². The summed E-state index contributed by atoms with van der Waals surface area (Å²) in [6.45, 7) is 4.01. The zero-order chi connectivity index (χ0) is 12.6. The first kappa shape index (κ1) is 12.6. The van der Waals surface area contributed by atoms with Crippen LogP contribution in [0.3, 0.4) is 0 Å². The first-order valence-corrected chi connectivity index (χ1v) is 6.56. The number of rotatable bonds is 7. The molecule has 0 fully saturated rings. The molecule has 4 heteroatoms. The molecular weight excluding hydrogens is 224 g/mol. The smallest absolute Gasteiger partial charge is 0.144 e. The van der Waals surface area contributed by atoms with Gasteiger partial charge in [0.1, 0.15) is 5.82 Å². The van der Waals surface area contributed by atoms with Crippen molar-refractivity contribution in [2.45, 2.75) is 32.7 Å². The van der Waals surface area contributed by atoms with Crippen LogP contribution in [0.2, 0.25) is 0 Å². The summed E-state index contributed by atoms with van der Waals surface area (Å²) in [7, 11) is 0. The Hall–Kier alpha value is -1.84. The lowest BCUT2D eigenvalue weighted by atomic mass is 10.1. The van der Waals surface area contributed by atoms with E-state index < -0.39 is 0 Å². The number of anilines is 1. The fourth-order valence-electron chi connectivity index (χ4n) is 1.93. The molecule has 4 nitrogen and oxygen atoms in total. The van der Waals surface area contributed by atoms with Gasteiger partial charge in [-0.05, 0) is 24.8 Å². The minimum Gasteiger partial charge on any atom is -0.369 e. The molecule has 2 aromatic rings. The molecule has 1 heterocycles. The Labute approximate surface area is 108 Å². The van der Waals surface area contributed by atoms with Crippen molar-refractivity contribution < 1.29 is 0 Å². The van der Waals surface area contributed by atoms with Gasteiger partial charge in [0, 0.05) is 13.1 Å². The van der Waals surface area contributed by atoms with Crippen LogP contribution in [-0.4, -0.2) is 21.5 Å². The Balaban J connectivity index is 1.73. The van der Waals surface area contributed by atoms with Crippen LogP contribution in [0.4, 0.5) is 5.82 Å². The van der Waals surface area contributed by atoms with E-state index in [-0.39, 0.29) is 0 Å². The summed E-state index contributed by atoms with van der Waals surface area (Å²) >= 11 is 0. The van der Waals surface area contributed by atoms with Crippen molar-refractivity contribution in [1.82, 2.24) is 15.0 Å². The van der Waals surface area contributed by atoms with Crippen molar-refractivity contribution in [3.8, 4) is 0 Å². The largest absolute Gasteiger partial charge is 0.369 e. The summed E-state index contributed by atoms with van der Waals surface area (Å²) in [5, 5.41) is 11.4. The van der Waals surface area contributed by atoms with Gasteiger partial charge in [0.15, 0.2) is 0 Å². The second-order valence-electron chi connectivity index (χ2n) is 4.36. The predicted molar refractivity (Wildman–Crippen MR) is 73.6 cm³/mol. The van der Waals surface area contributed by atoms with E-state index in [9.17, 15) is 0 Å². The summed E-state index contributed by atoms with van der Waals surface area (Å²) in [5.41, 5.74) is 1.39. The van der Waals surface area contributed by atoms with E-state index in [4.69, 9.17) is 0 Å². The SMILES string of the molecule is CCCn1nncc1NCCCc1ccccc1. The Morgan fingerprint density at radius 3 is 2.83 bits per heavy atom. The number of aryl methyl sites for hydroxylation is 2. The number of hydrogen-bond acceptors (Lipinski definition) is 3. The average molecular weight is 244 g/mol. The molecule has 0 spiro atoms. The molecule has 0 radical (unpaired) electrons. The standard InChI is InChI=1S/C14H20N4/c1-2-11-18-14(12-16-17-18)15-10-6-9-13-7-4-3-5-8-13/h3-5,7-8,12,15H,2,6,9-11H2,1H3. The quantitative estimate of drug-likeness (QED) is 0.761. The normalized spacial score (nSPS) is 10.5. The molecule has 0 bridgehead atoms.